The molecule has 1 rings (SSSR count). The van der Waals surface area contributed by atoms with Crippen molar-refractivity contribution in [1.29, 1.82) is 0 Å². The van der Waals surface area contributed by atoms with Crippen LogP contribution in [0.4, 0.5) is 10.5 Å². The van der Waals surface area contributed by atoms with Gasteiger partial charge in [0.1, 0.15) is 12.1 Å². The molecule has 22 heavy (non-hydrogen) atoms. The first-order valence-corrected chi connectivity index (χ1v) is 8.38. The zero-order chi connectivity index (χ0) is 16.9. The number of hydrogen-bond donors (Lipinski definition) is 2. The smallest absolute Gasteiger partial charge is 0.408 e. The van der Waals surface area contributed by atoms with Crippen LogP contribution >= 0.6 is 23.3 Å². The van der Waals surface area contributed by atoms with E-state index >= 15 is 0 Å². The molecule has 0 aliphatic rings. The van der Waals surface area contributed by atoms with Crippen molar-refractivity contribution in [3.8, 4) is 0 Å². The molecule has 0 aliphatic carbocycles. The monoisotopic (exact) mass is 345 g/mol. The summed E-state index contributed by atoms with van der Waals surface area (Å²) in [6.07, 6.45) is -0.603. The Bertz CT molecular complexity index is 536. The van der Waals surface area contributed by atoms with E-state index in [4.69, 9.17) is 4.74 Å². The maximum atomic E-state index is 11.9. The van der Waals surface area contributed by atoms with E-state index < -0.39 is 11.7 Å². The Kier molecular flexibility index (Phi) is 6.70. The number of amides is 2. The van der Waals surface area contributed by atoms with Crippen molar-refractivity contribution in [2.24, 2.45) is 0 Å². The molecule has 0 bridgehead atoms. The summed E-state index contributed by atoms with van der Waals surface area (Å²) in [5.41, 5.74) is 0.188. The first-order valence-electron chi connectivity index (χ1n) is 6.79. The minimum absolute atomic E-state index is 0.125. The molecule has 0 saturated heterocycles. The highest BCUT2D eigenvalue weighted by Gasteiger charge is 2.17. The third-order valence-electron chi connectivity index (χ3n) is 2.23. The molecule has 0 atom stereocenters. The Morgan fingerprint density at radius 1 is 1.36 bits per heavy atom. The SMILES string of the molecule is Cc1sc(SN(C)C)cc1NC(=O)CNC(=O)OC(C)(C)C. The van der Waals surface area contributed by atoms with Crippen LogP contribution in [0.15, 0.2) is 10.3 Å². The Morgan fingerprint density at radius 3 is 2.55 bits per heavy atom. The van der Waals surface area contributed by atoms with E-state index in [2.05, 4.69) is 10.6 Å². The van der Waals surface area contributed by atoms with E-state index in [1.165, 1.54) is 0 Å². The molecule has 6 nitrogen and oxygen atoms in total. The lowest BCUT2D eigenvalue weighted by Crippen LogP contribution is -2.37. The lowest BCUT2D eigenvalue weighted by Gasteiger charge is -2.19. The van der Waals surface area contributed by atoms with E-state index in [0.717, 1.165) is 14.8 Å². The van der Waals surface area contributed by atoms with E-state index in [-0.39, 0.29) is 12.5 Å². The highest BCUT2D eigenvalue weighted by Crippen LogP contribution is 2.34. The van der Waals surface area contributed by atoms with Gasteiger partial charge in [0.25, 0.3) is 0 Å². The van der Waals surface area contributed by atoms with Gasteiger partial charge in [-0.2, -0.15) is 0 Å². The fourth-order valence-corrected chi connectivity index (χ4v) is 3.67. The minimum atomic E-state index is -0.603. The van der Waals surface area contributed by atoms with Gasteiger partial charge in [0.05, 0.1) is 9.90 Å². The van der Waals surface area contributed by atoms with E-state index in [0.29, 0.717) is 0 Å². The second-order valence-electron chi connectivity index (χ2n) is 5.84. The summed E-state index contributed by atoms with van der Waals surface area (Å²) in [5.74, 6) is -0.284. The van der Waals surface area contributed by atoms with Crippen molar-refractivity contribution in [1.82, 2.24) is 9.62 Å². The molecule has 0 aromatic carbocycles. The summed E-state index contributed by atoms with van der Waals surface area (Å²) in [7, 11) is 3.92. The molecule has 2 N–H and O–H groups in total. The van der Waals surface area contributed by atoms with E-state index in [9.17, 15) is 9.59 Å². The van der Waals surface area contributed by atoms with Crippen LogP contribution < -0.4 is 10.6 Å². The maximum absolute atomic E-state index is 11.9. The number of carbonyl (C=O) groups is 2. The molecule has 1 heterocycles. The van der Waals surface area contributed by atoms with Gasteiger partial charge in [-0.25, -0.2) is 4.79 Å². The largest absolute Gasteiger partial charge is 0.444 e. The number of alkyl carbamates (subject to hydrolysis) is 1. The Balaban J connectivity index is 2.48. The molecule has 0 fully saturated rings. The van der Waals surface area contributed by atoms with Gasteiger partial charge in [-0.15, -0.1) is 11.3 Å². The third-order valence-corrected chi connectivity index (χ3v) is 4.22. The number of nitrogens with zero attached hydrogens (tertiary/aromatic N) is 1. The standard InChI is InChI=1S/C14H23N3O3S2/c1-9-10(7-12(21-9)22-17(5)6)16-11(18)8-15-13(19)20-14(2,3)4/h7H,8H2,1-6H3,(H,15,19)(H,16,18). The van der Waals surface area contributed by atoms with Crippen molar-refractivity contribution in [3.63, 3.8) is 0 Å². The number of thiophene rings is 1. The average molecular weight is 345 g/mol. The van der Waals surface area contributed by atoms with Gasteiger partial charge in [0, 0.05) is 4.88 Å². The summed E-state index contributed by atoms with van der Waals surface area (Å²) in [6, 6.07) is 1.93. The molecular weight excluding hydrogens is 322 g/mol. The van der Waals surface area contributed by atoms with Crippen LogP contribution in [-0.2, 0) is 9.53 Å². The fourth-order valence-electron chi connectivity index (χ4n) is 1.46. The topological polar surface area (TPSA) is 70.7 Å². The van der Waals surface area contributed by atoms with Crippen molar-refractivity contribution in [2.75, 3.05) is 26.0 Å². The normalized spacial score (nSPS) is 11.4. The first kappa shape index (κ1) is 18.8. The first-order chi connectivity index (χ1) is 10.1. The van der Waals surface area contributed by atoms with Crippen LogP contribution in [0.2, 0.25) is 0 Å². The lowest BCUT2D eigenvalue weighted by molar-refractivity contribution is -0.115. The quantitative estimate of drug-likeness (QED) is 0.803. The maximum Gasteiger partial charge on any atom is 0.408 e. The van der Waals surface area contributed by atoms with Gasteiger partial charge in [0.15, 0.2) is 0 Å². The highest BCUT2D eigenvalue weighted by atomic mass is 32.2. The molecule has 1 aromatic heterocycles. The lowest BCUT2D eigenvalue weighted by atomic mass is 10.2. The minimum Gasteiger partial charge on any atom is -0.444 e. The van der Waals surface area contributed by atoms with Gasteiger partial charge in [-0.3, -0.25) is 9.10 Å². The van der Waals surface area contributed by atoms with Gasteiger partial charge < -0.3 is 15.4 Å². The summed E-state index contributed by atoms with van der Waals surface area (Å²) in [5, 5.41) is 5.23. The van der Waals surface area contributed by atoms with Crippen LogP contribution in [-0.4, -0.2) is 42.5 Å². The van der Waals surface area contributed by atoms with Crippen LogP contribution in [0.3, 0.4) is 0 Å². The highest BCUT2D eigenvalue weighted by molar-refractivity contribution is 7.98. The average Bonchev–Trinajstić information content (AvgIpc) is 2.64. The van der Waals surface area contributed by atoms with E-state index in [1.807, 2.05) is 31.4 Å². The number of carbonyl (C=O) groups excluding carboxylic acids is 2. The predicted molar refractivity (Wildman–Crippen MR) is 91.5 cm³/mol. The summed E-state index contributed by atoms with van der Waals surface area (Å²) in [4.78, 5) is 24.4. The van der Waals surface area contributed by atoms with Crippen LogP contribution in [0.5, 0.6) is 0 Å². The second kappa shape index (κ2) is 7.85. The molecule has 0 unspecified atom stereocenters. The molecule has 0 spiro atoms. The molecule has 2 amide bonds. The van der Waals surface area contributed by atoms with Gasteiger partial charge in [-0.05, 0) is 59.8 Å². The van der Waals surface area contributed by atoms with Crippen LogP contribution in [0.25, 0.3) is 0 Å². The molecule has 1 aromatic rings. The Labute approximate surface area is 139 Å². The fraction of sp³-hybridized carbons (Fsp3) is 0.571. The van der Waals surface area contributed by atoms with Gasteiger partial charge in [-0.1, -0.05) is 0 Å². The van der Waals surface area contributed by atoms with Crippen molar-refractivity contribution in [2.45, 2.75) is 37.5 Å². The van der Waals surface area contributed by atoms with Crippen molar-refractivity contribution < 1.29 is 14.3 Å². The van der Waals surface area contributed by atoms with Crippen molar-refractivity contribution in [3.05, 3.63) is 10.9 Å². The van der Waals surface area contributed by atoms with Gasteiger partial charge in [0.2, 0.25) is 5.91 Å². The second-order valence-corrected chi connectivity index (χ2v) is 8.71. The molecule has 8 heteroatoms. The Morgan fingerprint density at radius 2 is 2.00 bits per heavy atom. The molecule has 0 radical (unpaired) electrons. The zero-order valence-electron chi connectivity index (χ0n) is 13.8. The van der Waals surface area contributed by atoms with Crippen LogP contribution in [0, 0.1) is 6.92 Å². The van der Waals surface area contributed by atoms with Gasteiger partial charge >= 0.3 is 6.09 Å². The number of hydrogen-bond acceptors (Lipinski definition) is 6. The molecule has 0 saturated carbocycles. The van der Waals surface area contributed by atoms with Crippen LogP contribution in [0.1, 0.15) is 25.6 Å². The summed E-state index contributed by atoms with van der Waals surface area (Å²) in [6.45, 7) is 7.13. The summed E-state index contributed by atoms with van der Waals surface area (Å²) >= 11 is 3.21. The predicted octanol–water partition coefficient (Wildman–Crippen LogP) is 3.09. The third kappa shape index (κ3) is 7.15. The number of nitrogens with one attached hydrogen (secondary N) is 2. The molecular formula is C14H23N3O3S2. The number of aryl methyl sites for hydroxylation is 1. The Hall–Kier alpha value is -1.25. The van der Waals surface area contributed by atoms with E-state index in [1.54, 1.807) is 44.1 Å². The summed E-state index contributed by atoms with van der Waals surface area (Å²) < 4.78 is 8.16. The van der Waals surface area contributed by atoms with Crippen molar-refractivity contribution >= 4 is 41.0 Å². The number of anilines is 1. The number of rotatable bonds is 5. The zero-order valence-corrected chi connectivity index (χ0v) is 15.4. The molecule has 0 aliphatic heterocycles. The number of ether oxygens (including phenoxy) is 1. The molecule has 124 valence electrons.